The number of rotatable bonds is 5. The van der Waals surface area contributed by atoms with Crippen LogP contribution in [0.15, 0.2) is 18.2 Å². The first-order valence-corrected chi connectivity index (χ1v) is 7.12. The van der Waals surface area contributed by atoms with Crippen molar-refractivity contribution in [3.05, 3.63) is 35.4 Å². The van der Waals surface area contributed by atoms with Crippen LogP contribution in [-0.2, 0) is 9.53 Å². The summed E-state index contributed by atoms with van der Waals surface area (Å²) >= 11 is 0. The number of carbonyl (C=O) groups excluding carboxylic acids is 1. The molecule has 1 aromatic carbocycles. The molecule has 1 unspecified atom stereocenters. The highest BCUT2D eigenvalue weighted by atomic mass is 19.2. The highest BCUT2D eigenvalue weighted by molar-refractivity contribution is 5.76. The SMILES string of the molecule is CC(NCCC(=O)N1CCOCC1)c1ccc(F)c(F)c1. The molecular weight excluding hydrogens is 278 g/mol. The lowest BCUT2D eigenvalue weighted by Gasteiger charge is -2.27. The van der Waals surface area contributed by atoms with Gasteiger partial charge in [0.15, 0.2) is 11.6 Å². The smallest absolute Gasteiger partial charge is 0.224 e. The Balaban J connectivity index is 1.76. The van der Waals surface area contributed by atoms with E-state index in [-0.39, 0.29) is 11.9 Å². The van der Waals surface area contributed by atoms with Gasteiger partial charge >= 0.3 is 0 Å². The molecule has 0 saturated carbocycles. The standard InChI is InChI=1S/C15H20F2N2O2/c1-11(12-2-3-13(16)14(17)10-12)18-5-4-15(20)19-6-8-21-9-7-19/h2-3,10-11,18H,4-9H2,1H3. The summed E-state index contributed by atoms with van der Waals surface area (Å²) in [5.41, 5.74) is 0.660. The largest absolute Gasteiger partial charge is 0.378 e. The van der Waals surface area contributed by atoms with Crippen molar-refractivity contribution >= 4 is 5.91 Å². The van der Waals surface area contributed by atoms with E-state index in [1.165, 1.54) is 6.07 Å². The molecule has 1 aliphatic rings. The van der Waals surface area contributed by atoms with E-state index in [0.717, 1.165) is 6.07 Å². The van der Waals surface area contributed by atoms with Gasteiger partial charge in [-0.1, -0.05) is 6.07 Å². The van der Waals surface area contributed by atoms with Crippen LogP contribution in [-0.4, -0.2) is 43.7 Å². The Morgan fingerprint density at radius 3 is 2.71 bits per heavy atom. The lowest BCUT2D eigenvalue weighted by Crippen LogP contribution is -2.41. The summed E-state index contributed by atoms with van der Waals surface area (Å²) in [4.78, 5) is 13.7. The number of benzene rings is 1. The van der Waals surface area contributed by atoms with E-state index < -0.39 is 11.6 Å². The summed E-state index contributed by atoms with van der Waals surface area (Å²) in [7, 11) is 0. The van der Waals surface area contributed by atoms with Gasteiger partial charge in [0.1, 0.15) is 0 Å². The van der Waals surface area contributed by atoms with E-state index in [1.54, 1.807) is 11.0 Å². The zero-order valence-corrected chi connectivity index (χ0v) is 12.1. The average Bonchev–Trinajstić information content (AvgIpc) is 2.50. The second kappa shape index (κ2) is 7.47. The Morgan fingerprint density at radius 2 is 2.05 bits per heavy atom. The Kier molecular flexibility index (Phi) is 5.64. The van der Waals surface area contributed by atoms with Crippen molar-refractivity contribution in [2.75, 3.05) is 32.8 Å². The molecule has 116 valence electrons. The minimum atomic E-state index is -0.856. The van der Waals surface area contributed by atoms with E-state index in [9.17, 15) is 13.6 Å². The van der Waals surface area contributed by atoms with Crippen LogP contribution in [0.3, 0.4) is 0 Å². The Morgan fingerprint density at radius 1 is 1.33 bits per heavy atom. The molecule has 21 heavy (non-hydrogen) atoms. The topological polar surface area (TPSA) is 41.6 Å². The molecule has 1 amide bonds. The first-order chi connectivity index (χ1) is 10.1. The molecule has 1 saturated heterocycles. The number of morpholine rings is 1. The van der Waals surface area contributed by atoms with Crippen LogP contribution in [0.4, 0.5) is 8.78 Å². The highest BCUT2D eigenvalue weighted by Crippen LogP contribution is 2.15. The molecule has 0 spiro atoms. The maximum atomic E-state index is 13.2. The molecule has 0 aromatic heterocycles. The van der Waals surface area contributed by atoms with Crippen LogP contribution in [0, 0.1) is 11.6 Å². The van der Waals surface area contributed by atoms with Gasteiger partial charge in [-0.2, -0.15) is 0 Å². The lowest BCUT2D eigenvalue weighted by atomic mass is 10.1. The number of nitrogens with zero attached hydrogens (tertiary/aromatic N) is 1. The molecule has 1 fully saturated rings. The summed E-state index contributed by atoms with van der Waals surface area (Å²) in [5, 5.41) is 3.15. The van der Waals surface area contributed by atoms with Crippen molar-refractivity contribution in [2.24, 2.45) is 0 Å². The quantitative estimate of drug-likeness (QED) is 0.902. The van der Waals surface area contributed by atoms with Gasteiger partial charge in [0.05, 0.1) is 13.2 Å². The molecule has 0 radical (unpaired) electrons. The third-order valence-electron chi connectivity index (χ3n) is 3.60. The third-order valence-corrected chi connectivity index (χ3v) is 3.60. The molecular formula is C15H20F2N2O2. The van der Waals surface area contributed by atoms with E-state index >= 15 is 0 Å². The maximum absolute atomic E-state index is 13.2. The van der Waals surface area contributed by atoms with Gasteiger partial charge in [-0.15, -0.1) is 0 Å². The number of hydrogen-bond donors (Lipinski definition) is 1. The second-order valence-electron chi connectivity index (χ2n) is 5.09. The van der Waals surface area contributed by atoms with Gasteiger partial charge in [-0.3, -0.25) is 4.79 Å². The van der Waals surface area contributed by atoms with Gasteiger partial charge in [-0.25, -0.2) is 8.78 Å². The fourth-order valence-corrected chi connectivity index (χ4v) is 2.27. The van der Waals surface area contributed by atoms with Gasteiger partial charge in [0, 0.05) is 32.1 Å². The first-order valence-electron chi connectivity index (χ1n) is 7.12. The zero-order chi connectivity index (χ0) is 15.2. The molecule has 0 bridgehead atoms. The molecule has 1 atom stereocenters. The molecule has 4 nitrogen and oxygen atoms in total. The monoisotopic (exact) mass is 298 g/mol. The Labute approximate surface area is 123 Å². The summed E-state index contributed by atoms with van der Waals surface area (Å²) in [6.07, 6.45) is 0.383. The Bertz CT molecular complexity index is 491. The zero-order valence-electron chi connectivity index (χ0n) is 12.1. The fourth-order valence-electron chi connectivity index (χ4n) is 2.27. The van der Waals surface area contributed by atoms with E-state index in [0.29, 0.717) is 44.8 Å². The molecule has 0 aliphatic carbocycles. The van der Waals surface area contributed by atoms with Crippen LogP contribution >= 0.6 is 0 Å². The van der Waals surface area contributed by atoms with Gasteiger partial charge in [0.2, 0.25) is 5.91 Å². The predicted molar refractivity (Wildman–Crippen MR) is 74.8 cm³/mol. The van der Waals surface area contributed by atoms with Gasteiger partial charge < -0.3 is 15.0 Å². The maximum Gasteiger partial charge on any atom is 0.224 e. The van der Waals surface area contributed by atoms with Crippen molar-refractivity contribution in [2.45, 2.75) is 19.4 Å². The number of carbonyl (C=O) groups is 1. The fraction of sp³-hybridized carbons (Fsp3) is 0.533. The van der Waals surface area contributed by atoms with Gasteiger partial charge in [0.25, 0.3) is 0 Å². The molecule has 1 heterocycles. The van der Waals surface area contributed by atoms with Gasteiger partial charge in [-0.05, 0) is 24.6 Å². The Hall–Kier alpha value is -1.53. The molecule has 6 heteroatoms. The number of halogens is 2. The van der Waals surface area contributed by atoms with Crippen LogP contribution in [0.5, 0.6) is 0 Å². The summed E-state index contributed by atoms with van der Waals surface area (Å²) in [5.74, 6) is -1.62. The van der Waals surface area contributed by atoms with Crippen molar-refractivity contribution in [3.63, 3.8) is 0 Å². The predicted octanol–water partition coefficient (Wildman–Crippen LogP) is 1.86. The van der Waals surface area contributed by atoms with E-state index in [1.807, 2.05) is 6.92 Å². The van der Waals surface area contributed by atoms with E-state index in [4.69, 9.17) is 4.74 Å². The summed E-state index contributed by atoms with van der Waals surface area (Å²) < 4.78 is 31.2. The number of hydrogen-bond acceptors (Lipinski definition) is 3. The van der Waals surface area contributed by atoms with E-state index in [2.05, 4.69) is 5.32 Å². The molecule has 1 aromatic rings. The second-order valence-corrected chi connectivity index (χ2v) is 5.09. The van der Waals surface area contributed by atoms with Crippen molar-refractivity contribution < 1.29 is 18.3 Å². The molecule has 2 rings (SSSR count). The summed E-state index contributed by atoms with van der Waals surface area (Å²) in [6.45, 7) is 4.80. The average molecular weight is 298 g/mol. The molecule has 1 aliphatic heterocycles. The number of nitrogens with one attached hydrogen (secondary N) is 1. The van der Waals surface area contributed by atoms with Crippen LogP contribution < -0.4 is 5.32 Å². The van der Waals surface area contributed by atoms with Crippen LogP contribution in [0.1, 0.15) is 24.9 Å². The lowest BCUT2D eigenvalue weighted by molar-refractivity contribution is -0.135. The molecule has 1 N–H and O–H groups in total. The van der Waals surface area contributed by atoms with Crippen molar-refractivity contribution in [1.29, 1.82) is 0 Å². The highest BCUT2D eigenvalue weighted by Gasteiger charge is 2.16. The minimum absolute atomic E-state index is 0.0864. The normalized spacial score (nSPS) is 16.8. The first kappa shape index (κ1) is 15.9. The number of ether oxygens (including phenoxy) is 1. The summed E-state index contributed by atoms with van der Waals surface area (Å²) in [6, 6.07) is 3.69. The van der Waals surface area contributed by atoms with Crippen LogP contribution in [0.2, 0.25) is 0 Å². The van der Waals surface area contributed by atoms with Crippen molar-refractivity contribution in [3.8, 4) is 0 Å². The van der Waals surface area contributed by atoms with Crippen LogP contribution in [0.25, 0.3) is 0 Å². The number of amides is 1. The third kappa shape index (κ3) is 4.47. The minimum Gasteiger partial charge on any atom is -0.378 e. The van der Waals surface area contributed by atoms with Crippen molar-refractivity contribution in [1.82, 2.24) is 10.2 Å².